The van der Waals surface area contributed by atoms with Crippen LogP contribution in [-0.2, 0) is 0 Å². The van der Waals surface area contributed by atoms with Gasteiger partial charge in [0.25, 0.3) is 0 Å². The number of thiophene rings is 2. The van der Waals surface area contributed by atoms with E-state index in [-0.39, 0.29) is 0 Å². The lowest BCUT2D eigenvalue weighted by Gasteiger charge is -2.13. The Bertz CT molecular complexity index is 906. The van der Waals surface area contributed by atoms with Crippen molar-refractivity contribution in [2.75, 3.05) is 7.11 Å². The van der Waals surface area contributed by atoms with E-state index in [1.165, 1.54) is 31.7 Å². The molecule has 4 rings (SSSR count). The minimum atomic E-state index is 0.929. The first-order valence-electron chi connectivity index (χ1n) is 7.06. The van der Waals surface area contributed by atoms with E-state index in [0.717, 1.165) is 5.75 Å². The molecule has 0 N–H and O–H groups in total. The highest BCUT2D eigenvalue weighted by atomic mass is 32.1. The Balaban J connectivity index is 2.07. The van der Waals surface area contributed by atoms with Gasteiger partial charge in [-0.15, -0.1) is 22.7 Å². The van der Waals surface area contributed by atoms with E-state index < -0.39 is 0 Å². The lowest BCUT2D eigenvalue weighted by Crippen LogP contribution is -1.89. The van der Waals surface area contributed by atoms with E-state index in [9.17, 15) is 0 Å². The Labute approximate surface area is 137 Å². The van der Waals surface area contributed by atoms with Gasteiger partial charge in [-0.1, -0.05) is 30.3 Å². The average Bonchev–Trinajstić information content (AvgIpc) is 3.26. The van der Waals surface area contributed by atoms with Gasteiger partial charge in [0.1, 0.15) is 5.75 Å². The summed E-state index contributed by atoms with van der Waals surface area (Å²) in [5.41, 5.74) is 2.47. The number of methoxy groups -OCH3 is 1. The second kappa shape index (κ2) is 5.59. The fourth-order valence-corrected chi connectivity index (χ4v) is 4.38. The van der Waals surface area contributed by atoms with Crippen LogP contribution in [0, 0.1) is 0 Å². The van der Waals surface area contributed by atoms with Gasteiger partial charge in [-0.2, -0.15) is 0 Å². The first-order chi connectivity index (χ1) is 10.9. The third kappa shape index (κ3) is 2.14. The van der Waals surface area contributed by atoms with E-state index in [1.54, 1.807) is 29.8 Å². The van der Waals surface area contributed by atoms with Gasteiger partial charge in [0.05, 0.1) is 7.11 Å². The molecule has 0 bridgehead atoms. The van der Waals surface area contributed by atoms with Crippen molar-refractivity contribution in [3.63, 3.8) is 0 Å². The van der Waals surface area contributed by atoms with Crippen LogP contribution in [0.4, 0.5) is 0 Å². The van der Waals surface area contributed by atoms with E-state index in [1.807, 2.05) is 0 Å². The molecule has 0 spiro atoms. The number of hydrogen-bond donors (Lipinski definition) is 0. The molecule has 0 aliphatic heterocycles. The molecule has 0 saturated heterocycles. The van der Waals surface area contributed by atoms with E-state index >= 15 is 0 Å². The van der Waals surface area contributed by atoms with Gasteiger partial charge in [0, 0.05) is 15.3 Å². The van der Waals surface area contributed by atoms with Crippen LogP contribution in [0.2, 0.25) is 0 Å². The number of ether oxygens (including phenoxy) is 1. The number of hydrogen-bond acceptors (Lipinski definition) is 3. The lowest BCUT2D eigenvalue weighted by atomic mass is 9.97. The first kappa shape index (κ1) is 13.6. The Morgan fingerprint density at radius 2 is 1.50 bits per heavy atom. The third-order valence-electron chi connectivity index (χ3n) is 3.80. The van der Waals surface area contributed by atoms with Crippen molar-refractivity contribution < 1.29 is 4.74 Å². The monoisotopic (exact) mass is 322 g/mol. The molecule has 0 radical (unpaired) electrons. The minimum absolute atomic E-state index is 0.929. The summed E-state index contributed by atoms with van der Waals surface area (Å²) >= 11 is 3.52. The van der Waals surface area contributed by atoms with Gasteiger partial charge >= 0.3 is 0 Å². The summed E-state index contributed by atoms with van der Waals surface area (Å²) in [5, 5.41) is 6.75. The normalized spacial score (nSPS) is 11.0. The van der Waals surface area contributed by atoms with E-state index in [0.29, 0.717) is 0 Å². The van der Waals surface area contributed by atoms with Gasteiger partial charge in [-0.25, -0.2) is 0 Å². The topological polar surface area (TPSA) is 9.23 Å². The molecule has 0 unspecified atom stereocenters. The second-order valence-corrected chi connectivity index (χ2v) is 6.89. The van der Waals surface area contributed by atoms with E-state index in [4.69, 9.17) is 4.74 Å². The van der Waals surface area contributed by atoms with Crippen molar-refractivity contribution in [3.05, 3.63) is 65.4 Å². The van der Waals surface area contributed by atoms with Crippen molar-refractivity contribution in [3.8, 4) is 26.6 Å². The molecule has 0 saturated carbocycles. The predicted molar refractivity (Wildman–Crippen MR) is 97.1 cm³/mol. The number of benzene rings is 2. The quantitative estimate of drug-likeness (QED) is 0.430. The summed E-state index contributed by atoms with van der Waals surface area (Å²) in [5.74, 6) is 0.929. The molecule has 0 fully saturated rings. The Morgan fingerprint density at radius 1 is 0.727 bits per heavy atom. The molecule has 22 heavy (non-hydrogen) atoms. The lowest BCUT2D eigenvalue weighted by molar-refractivity contribution is 0.417. The van der Waals surface area contributed by atoms with Crippen molar-refractivity contribution in [2.45, 2.75) is 0 Å². The standard InChI is InChI=1S/C19H14OS2/c1-20-16-10-9-13-14(17-7-3-11-21-17)5-2-6-15(13)19(16)18-8-4-12-22-18/h2-12H,1H3. The van der Waals surface area contributed by atoms with Gasteiger partial charge in [0.2, 0.25) is 0 Å². The molecule has 0 aliphatic rings. The Hall–Kier alpha value is -2.10. The average molecular weight is 322 g/mol. The van der Waals surface area contributed by atoms with Crippen LogP contribution in [0.3, 0.4) is 0 Å². The van der Waals surface area contributed by atoms with E-state index in [2.05, 4.69) is 65.4 Å². The molecular formula is C19H14OS2. The van der Waals surface area contributed by atoms with Gasteiger partial charge < -0.3 is 4.74 Å². The zero-order chi connectivity index (χ0) is 14.9. The summed E-state index contributed by atoms with van der Waals surface area (Å²) in [6, 6.07) is 19.3. The van der Waals surface area contributed by atoms with Crippen molar-refractivity contribution in [1.29, 1.82) is 0 Å². The molecule has 4 aromatic rings. The Kier molecular flexibility index (Phi) is 3.45. The van der Waals surface area contributed by atoms with Gasteiger partial charge in [-0.3, -0.25) is 0 Å². The highest BCUT2D eigenvalue weighted by molar-refractivity contribution is 7.14. The molecule has 0 amide bonds. The fraction of sp³-hybridized carbons (Fsp3) is 0.0526. The van der Waals surface area contributed by atoms with Crippen molar-refractivity contribution in [1.82, 2.24) is 0 Å². The Morgan fingerprint density at radius 3 is 2.18 bits per heavy atom. The van der Waals surface area contributed by atoms with Gasteiger partial charge in [-0.05, 0) is 51.4 Å². The van der Waals surface area contributed by atoms with Crippen LogP contribution in [0.15, 0.2) is 65.4 Å². The summed E-state index contributed by atoms with van der Waals surface area (Å²) in [6.45, 7) is 0. The maximum Gasteiger partial charge on any atom is 0.128 e. The first-order valence-corrected chi connectivity index (χ1v) is 8.82. The maximum atomic E-state index is 5.62. The number of fused-ring (bicyclic) bond motifs is 1. The highest BCUT2D eigenvalue weighted by Crippen LogP contribution is 2.42. The van der Waals surface area contributed by atoms with Crippen LogP contribution >= 0.6 is 22.7 Å². The molecule has 108 valence electrons. The molecule has 0 atom stereocenters. The van der Waals surface area contributed by atoms with Crippen LogP contribution in [0.1, 0.15) is 0 Å². The summed E-state index contributed by atoms with van der Waals surface area (Å²) < 4.78 is 5.62. The number of rotatable bonds is 3. The zero-order valence-electron chi connectivity index (χ0n) is 12.1. The van der Waals surface area contributed by atoms with Crippen LogP contribution in [-0.4, -0.2) is 7.11 Å². The predicted octanol–water partition coefficient (Wildman–Crippen LogP) is 6.31. The molecule has 1 nitrogen and oxygen atoms in total. The van der Waals surface area contributed by atoms with Crippen LogP contribution < -0.4 is 4.74 Å². The highest BCUT2D eigenvalue weighted by Gasteiger charge is 2.14. The van der Waals surface area contributed by atoms with Gasteiger partial charge in [0.15, 0.2) is 0 Å². The molecule has 2 aromatic heterocycles. The molecular weight excluding hydrogens is 308 g/mol. The zero-order valence-corrected chi connectivity index (χ0v) is 13.7. The largest absolute Gasteiger partial charge is 0.496 e. The SMILES string of the molecule is COc1ccc2c(-c3cccs3)cccc2c1-c1cccs1. The molecule has 2 aromatic carbocycles. The summed E-state index contributed by atoms with van der Waals surface area (Å²) in [7, 11) is 1.74. The summed E-state index contributed by atoms with van der Waals surface area (Å²) in [6.07, 6.45) is 0. The summed E-state index contributed by atoms with van der Waals surface area (Å²) in [4.78, 5) is 2.54. The third-order valence-corrected chi connectivity index (χ3v) is 5.59. The smallest absolute Gasteiger partial charge is 0.128 e. The maximum absolute atomic E-state index is 5.62. The van der Waals surface area contributed by atoms with Crippen LogP contribution in [0.5, 0.6) is 5.75 Å². The van der Waals surface area contributed by atoms with Crippen LogP contribution in [0.25, 0.3) is 31.7 Å². The molecule has 2 heterocycles. The minimum Gasteiger partial charge on any atom is -0.496 e. The van der Waals surface area contributed by atoms with Crippen molar-refractivity contribution in [2.24, 2.45) is 0 Å². The fourth-order valence-electron chi connectivity index (χ4n) is 2.83. The molecule has 0 aliphatic carbocycles. The van der Waals surface area contributed by atoms with Crippen molar-refractivity contribution >= 4 is 33.4 Å². The molecule has 3 heteroatoms. The second-order valence-electron chi connectivity index (χ2n) is 5.00.